The second-order valence-electron chi connectivity index (χ2n) is 2.29. The Morgan fingerprint density at radius 2 is 2.42 bits per heavy atom. The summed E-state index contributed by atoms with van der Waals surface area (Å²) in [6.45, 7) is 0.239. The van der Waals surface area contributed by atoms with E-state index in [0.717, 1.165) is 0 Å². The first-order chi connectivity index (χ1) is 5.83. The highest BCUT2D eigenvalue weighted by Crippen LogP contribution is 2.09. The number of terminal acetylenes is 1. The third-order valence-corrected chi connectivity index (χ3v) is 1.58. The molecule has 0 unspecified atom stereocenters. The topological polar surface area (TPSA) is 49.0 Å². The molecule has 12 heavy (non-hydrogen) atoms. The summed E-state index contributed by atoms with van der Waals surface area (Å²) in [7, 11) is 0. The van der Waals surface area contributed by atoms with Crippen LogP contribution in [0.25, 0.3) is 0 Å². The minimum Gasteiger partial charge on any atom is -0.392 e. The summed E-state index contributed by atoms with van der Waals surface area (Å²) in [5.41, 5.74) is 1.06. The van der Waals surface area contributed by atoms with Crippen LogP contribution in [-0.2, 0) is 13.2 Å². The number of aliphatic hydroxyl groups is 1. The lowest BCUT2D eigenvalue weighted by Crippen LogP contribution is -1.98. The molecule has 1 heterocycles. The normalized spacial score (nSPS) is 8.92. The van der Waals surface area contributed by atoms with E-state index in [1.807, 2.05) is 6.07 Å². The predicted molar refractivity (Wildman–Crippen MR) is 43.9 cm³/mol. The molecule has 0 radical (unpaired) electrons. The summed E-state index contributed by atoms with van der Waals surface area (Å²) in [4.78, 5) is 0. The number of nitriles is 1. The Kier molecular flexibility index (Phi) is 2.53. The van der Waals surface area contributed by atoms with Crippen LogP contribution in [0, 0.1) is 23.7 Å². The zero-order valence-corrected chi connectivity index (χ0v) is 6.49. The maximum Gasteiger partial charge on any atom is 0.126 e. The van der Waals surface area contributed by atoms with Crippen LogP contribution in [0.2, 0.25) is 0 Å². The lowest BCUT2D eigenvalue weighted by Gasteiger charge is -1.97. The molecule has 3 nitrogen and oxygen atoms in total. The van der Waals surface area contributed by atoms with Crippen molar-refractivity contribution in [2.24, 2.45) is 0 Å². The zero-order chi connectivity index (χ0) is 8.97. The first kappa shape index (κ1) is 8.39. The summed E-state index contributed by atoms with van der Waals surface area (Å²) < 4.78 is 1.63. The minimum absolute atomic E-state index is 0.125. The van der Waals surface area contributed by atoms with Crippen molar-refractivity contribution in [2.45, 2.75) is 13.2 Å². The van der Waals surface area contributed by atoms with E-state index in [-0.39, 0.29) is 6.61 Å². The summed E-state index contributed by atoms with van der Waals surface area (Å²) >= 11 is 0. The third kappa shape index (κ3) is 1.32. The molecule has 0 aromatic carbocycles. The highest BCUT2D eigenvalue weighted by atomic mass is 16.3. The first-order valence-corrected chi connectivity index (χ1v) is 3.46. The first-order valence-electron chi connectivity index (χ1n) is 3.46. The van der Waals surface area contributed by atoms with Gasteiger partial charge in [0.05, 0.1) is 13.2 Å². The van der Waals surface area contributed by atoms with E-state index in [1.165, 1.54) is 0 Å². The number of nitrogens with zero attached hydrogens (tertiary/aromatic N) is 2. The molecule has 1 N–H and O–H groups in total. The maximum absolute atomic E-state index is 8.81. The van der Waals surface area contributed by atoms with Crippen LogP contribution in [0.3, 0.4) is 0 Å². The molecule has 1 rings (SSSR count). The van der Waals surface area contributed by atoms with E-state index in [2.05, 4.69) is 5.92 Å². The molecule has 0 aliphatic heterocycles. The number of hydrogen-bond donors (Lipinski definition) is 1. The van der Waals surface area contributed by atoms with Crippen molar-refractivity contribution in [1.29, 1.82) is 5.26 Å². The fourth-order valence-corrected chi connectivity index (χ4v) is 1.01. The minimum atomic E-state index is -0.125. The summed E-state index contributed by atoms with van der Waals surface area (Å²) in [6.07, 6.45) is 6.79. The van der Waals surface area contributed by atoms with Crippen LogP contribution in [0.15, 0.2) is 12.3 Å². The Morgan fingerprint density at radius 3 is 2.92 bits per heavy atom. The predicted octanol–water partition coefficient (Wildman–Crippen LogP) is 0.485. The molecular formula is C9H8N2O. The van der Waals surface area contributed by atoms with E-state index in [4.69, 9.17) is 16.8 Å². The summed E-state index contributed by atoms with van der Waals surface area (Å²) in [5, 5.41) is 17.5. The highest BCUT2D eigenvalue weighted by Gasteiger charge is 2.05. The average molecular weight is 160 g/mol. The SMILES string of the molecule is C#CCn1ccc(CO)c1C#N. The molecule has 1 aromatic heterocycles. The fourth-order valence-electron chi connectivity index (χ4n) is 1.01. The van der Waals surface area contributed by atoms with Crippen molar-refractivity contribution < 1.29 is 5.11 Å². The monoisotopic (exact) mass is 160 g/mol. The highest BCUT2D eigenvalue weighted by molar-refractivity contribution is 5.33. The number of aromatic nitrogens is 1. The van der Waals surface area contributed by atoms with Crippen LogP contribution in [0.4, 0.5) is 0 Å². The zero-order valence-electron chi connectivity index (χ0n) is 6.49. The second-order valence-corrected chi connectivity index (χ2v) is 2.29. The number of hydrogen-bond acceptors (Lipinski definition) is 2. The second kappa shape index (κ2) is 3.61. The van der Waals surface area contributed by atoms with Gasteiger partial charge in [-0.2, -0.15) is 5.26 Å². The average Bonchev–Trinajstić information content (AvgIpc) is 2.47. The Labute approximate surface area is 70.9 Å². The number of aliphatic hydroxyl groups excluding tert-OH is 1. The van der Waals surface area contributed by atoms with Gasteiger partial charge in [0.1, 0.15) is 11.8 Å². The van der Waals surface area contributed by atoms with Crippen LogP contribution >= 0.6 is 0 Å². The Hall–Kier alpha value is -1.71. The largest absolute Gasteiger partial charge is 0.392 e. The Morgan fingerprint density at radius 1 is 1.67 bits per heavy atom. The quantitative estimate of drug-likeness (QED) is 0.640. The van der Waals surface area contributed by atoms with Gasteiger partial charge in [-0.05, 0) is 6.07 Å². The van der Waals surface area contributed by atoms with Crippen LogP contribution in [0.1, 0.15) is 11.3 Å². The van der Waals surface area contributed by atoms with Crippen molar-refractivity contribution in [1.82, 2.24) is 4.57 Å². The van der Waals surface area contributed by atoms with E-state index < -0.39 is 0 Å². The standard InChI is InChI=1S/C9H8N2O/c1-2-4-11-5-3-8(7-12)9(11)6-10/h1,3,5,12H,4,7H2. The van der Waals surface area contributed by atoms with Crippen LogP contribution in [-0.4, -0.2) is 9.67 Å². The molecule has 1 aromatic rings. The van der Waals surface area contributed by atoms with Crippen molar-refractivity contribution >= 4 is 0 Å². The molecule has 0 atom stereocenters. The fraction of sp³-hybridized carbons (Fsp3) is 0.222. The molecule has 0 aliphatic rings. The molecule has 0 saturated heterocycles. The van der Waals surface area contributed by atoms with Gasteiger partial charge in [-0.1, -0.05) is 5.92 Å². The van der Waals surface area contributed by atoms with Gasteiger partial charge >= 0.3 is 0 Å². The molecular weight excluding hydrogens is 152 g/mol. The molecule has 0 bridgehead atoms. The van der Waals surface area contributed by atoms with Crippen molar-refractivity contribution in [3.63, 3.8) is 0 Å². The lowest BCUT2D eigenvalue weighted by atomic mass is 10.3. The van der Waals surface area contributed by atoms with Gasteiger partial charge in [0.2, 0.25) is 0 Å². The van der Waals surface area contributed by atoms with Gasteiger partial charge in [0, 0.05) is 11.8 Å². The Bertz CT molecular complexity index is 352. The molecule has 0 amide bonds. The molecule has 60 valence electrons. The van der Waals surface area contributed by atoms with Gasteiger partial charge < -0.3 is 9.67 Å². The molecule has 3 heteroatoms. The van der Waals surface area contributed by atoms with Gasteiger partial charge in [0.25, 0.3) is 0 Å². The van der Waals surface area contributed by atoms with Gasteiger partial charge in [-0.15, -0.1) is 6.42 Å². The third-order valence-electron chi connectivity index (χ3n) is 1.58. The summed E-state index contributed by atoms with van der Waals surface area (Å²) in [6, 6.07) is 3.68. The van der Waals surface area contributed by atoms with E-state index in [1.54, 1.807) is 16.8 Å². The van der Waals surface area contributed by atoms with Gasteiger partial charge in [-0.3, -0.25) is 0 Å². The molecule has 0 saturated carbocycles. The van der Waals surface area contributed by atoms with Crippen LogP contribution in [0.5, 0.6) is 0 Å². The van der Waals surface area contributed by atoms with Crippen molar-refractivity contribution in [3.8, 4) is 18.4 Å². The van der Waals surface area contributed by atoms with E-state index >= 15 is 0 Å². The smallest absolute Gasteiger partial charge is 0.126 e. The Balaban J connectivity index is 3.09. The van der Waals surface area contributed by atoms with Gasteiger partial charge in [-0.25, -0.2) is 0 Å². The van der Waals surface area contributed by atoms with Crippen molar-refractivity contribution in [2.75, 3.05) is 0 Å². The molecule has 0 fully saturated rings. The maximum atomic E-state index is 8.81. The summed E-state index contributed by atoms with van der Waals surface area (Å²) in [5.74, 6) is 2.43. The number of rotatable bonds is 2. The molecule has 0 spiro atoms. The van der Waals surface area contributed by atoms with Crippen LogP contribution < -0.4 is 0 Å². The van der Waals surface area contributed by atoms with E-state index in [9.17, 15) is 0 Å². The van der Waals surface area contributed by atoms with Crippen molar-refractivity contribution in [3.05, 3.63) is 23.5 Å². The van der Waals surface area contributed by atoms with E-state index in [0.29, 0.717) is 17.8 Å². The van der Waals surface area contributed by atoms with Gasteiger partial charge in [0.15, 0.2) is 0 Å². The molecule has 0 aliphatic carbocycles. The lowest BCUT2D eigenvalue weighted by molar-refractivity contribution is 0.281.